The fourth-order valence-electron chi connectivity index (χ4n) is 5.41. The van der Waals surface area contributed by atoms with Gasteiger partial charge in [-0.2, -0.15) is 5.01 Å². The lowest BCUT2D eigenvalue weighted by atomic mass is 9.88. The number of carbonyl (C=O) groups is 5. The lowest BCUT2D eigenvalue weighted by Gasteiger charge is -2.43. The van der Waals surface area contributed by atoms with E-state index in [1.54, 1.807) is 32.0 Å². The van der Waals surface area contributed by atoms with Gasteiger partial charge < -0.3 is 31.6 Å². The van der Waals surface area contributed by atoms with Gasteiger partial charge in [0.05, 0.1) is 30.6 Å². The molecule has 0 saturated carbocycles. The number of nitrogens with one attached hydrogen (secondary N) is 1. The van der Waals surface area contributed by atoms with E-state index >= 15 is 0 Å². The van der Waals surface area contributed by atoms with E-state index in [1.165, 1.54) is 17.0 Å². The zero-order valence-electron chi connectivity index (χ0n) is 23.3. The Kier molecular flexibility index (Phi) is 8.81. The third kappa shape index (κ3) is 5.91. The van der Waals surface area contributed by atoms with Crippen LogP contribution in [0.15, 0.2) is 54.6 Å². The van der Waals surface area contributed by atoms with Crippen LogP contribution in [-0.2, 0) is 32.1 Å². The van der Waals surface area contributed by atoms with Crippen LogP contribution < -0.4 is 16.5 Å². The number of carbonyl (C=O) groups excluding carboxylic acids is 3. The van der Waals surface area contributed by atoms with Crippen LogP contribution in [-0.4, -0.2) is 73.5 Å². The number of primary amides is 1. The Balaban J connectivity index is 1.82. The molecular weight excluding hydrogens is 544 g/mol. The molecule has 0 bridgehead atoms. The second-order valence-electron chi connectivity index (χ2n) is 10.6. The highest BCUT2D eigenvalue weighted by Crippen LogP contribution is 2.30. The van der Waals surface area contributed by atoms with Crippen LogP contribution in [0, 0.1) is 11.8 Å². The number of nitrogens with two attached hydrogens (primary N) is 2. The minimum absolute atomic E-state index is 0.124. The topological polar surface area (TPSA) is 203 Å². The van der Waals surface area contributed by atoms with E-state index in [0.717, 1.165) is 27.2 Å². The molecule has 0 fully saturated rings. The molecule has 2 aromatic carbocycles. The van der Waals surface area contributed by atoms with E-state index in [1.807, 2.05) is 24.3 Å². The van der Waals surface area contributed by atoms with Crippen molar-refractivity contribution in [1.82, 2.24) is 14.9 Å². The van der Waals surface area contributed by atoms with Crippen LogP contribution in [0.4, 0.5) is 10.5 Å². The number of aromatic nitrogens is 1. The summed E-state index contributed by atoms with van der Waals surface area (Å²) in [6.07, 6.45) is -0.458. The van der Waals surface area contributed by atoms with Gasteiger partial charge in [0.25, 0.3) is 5.91 Å². The fraction of sp³-hybridized carbons (Fsp3) is 0.345. The molecule has 1 aliphatic heterocycles. The van der Waals surface area contributed by atoms with Crippen molar-refractivity contribution in [3.63, 3.8) is 0 Å². The normalized spacial score (nSPS) is 15.0. The third-order valence-electron chi connectivity index (χ3n) is 7.44. The van der Waals surface area contributed by atoms with Crippen molar-refractivity contribution >= 4 is 46.4 Å². The van der Waals surface area contributed by atoms with Gasteiger partial charge in [0.15, 0.2) is 0 Å². The molecule has 4 amide bonds. The second kappa shape index (κ2) is 12.3. The fourth-order valence-corrected chi connectivity index (χ4v) is 5.41. The second-order valence-corrected chi connectivity index (χ2v) is 10.6. The smallest absolute Gasteiger partial charge is 0.344 e. The number of rotatable bonds is 9. The maximum atomic E-state index is 14.3. The minimum atomic E-state index is -1.86. The molecule has 0 spiro atoms. The molecule has 1 aliphatic rings. The van der Waals surface area contributed by atoms with Gasteiger partial charge in [-0.3, -0.25) is 19.2 Å². The van der Waals surface area contributed by atoms with Crippen molar-refractivity contribution in [3.8, 4) is 0 Å². The molecule has 13 heteroatoms. The van der Waals surface area contributed by atoms with Crippen LogP contribution in [0.5, 0.6) is 0 Å². The van der Waals surface area contributed by atoms with E-state index in [9.17, 15) is 34.2 Å². The van der Waals surface area contributed by atoms with E-state index in [0.29, 0.717) is 11.4 Å². The highest BCUT2D eigenvalue weighted by Gasteiger charge is 2.45. The van der Waals surface area contributed by atoms with Gasteiger partial charge in [0.1, 0.15) is 6.04 Å². The molecular formula is C29H34N6O7. The maximum absolute atomic E-state index is 14.3. The SMILES string of the molecule is CC(C)[C@@H](C(=O)O)[C@H](N)C(=O)N([C@@H](CC(=O)O)C(N)=O)N(C(=O)N1CCc2c([nH]c3ccccc23)C1)c1ccccc1. The summed E-state index contributed by atoms with van der Waals surface area (Å²) >= 11 is 0. The molecule has 0 aliphatic carbocycles. The summed E-state index contributed by atoms with van der Waals surface area (Å²) in [4.78, 5) is 69.8. The number of hydrogen-bond donors (Lipinski definition) is 5. The first kappa shape index (κ1) is 30.1. The van der Waals surface area contributed by atoms with Crippen molar-refractivity contribution in [2.45, 2.75) is 45.3 Å². The van der Waals surface area contributed by atoms with Gasteiger partial charge in [0, 0.05) is 23.1 Å². The van der Waals surface area contributed by atoms with Crippen LogP contribution in [0.3, 0.4) is 0 Å². The molecule has 0 unspecified atom stereocenters. The molecule has 42 heavy (non-hydrogen) atoms. The molecule has 2 heterocycles. The van der Waals surface area contributed by atoms with Crippen LogP contribution >= 0.6 is 0 Å². The van der Waals surface area contributed by atoms with Crippen molar-refractivity contribution < 1.29 is 34.2 Å². The number of anilines is 1. The minimum Gasteiger partial charge on any atom is -0.481 e. The van der Waals surface area contributed by atoms with Crippen molar-refractivity contribution in [3.05, 3.63) is 65.9 Å². The molecule has 13 nitrogen and oxygen atoms in total. The molecule has 222 valence electrons. The van der Waals surface area contributed by atoms with Gasteiger partial charge in [-0.05, 0) is 36.1 Å². The number of aromatic amines is 1. The Morgan fingerprint density at radius 2 is 1.64 bits per heavy atom. The molecule has 0 saturated heterocycles. The van der Waals surface area contributed by atoms with E-state index in [4.69, 9.17) is 11.5 Å². The lowest BCUT2D eigenvalue weighted by Crippen LogP contribution is -2.66. The summed E-state index contributed by atoms with van der Waals surface area (Å²) < 4.78 is 0. The average molecular weight is 579 g/mol. The van der Waals surface area contributed by atoms with Crippen LogP contribution in [0.1, 0.15) is 31.5 Å². The Hall–Kier alpha value is -4.91. The number of hydrogen-bond acceptors (Lipinski definition) is 6. The van der Waals surface area contributed by atoms with Gasteiger partial charge >= 0.3 is 18.0 Å². The molecule has 7 N–H and O–H groups in total. The monoisotopic (exact) mass is 578 g/mol. The number of amides is 4. The Morgan fingerprint density at radius 3 is 2.24 bits per heavy atom. The standard InChI is InChI=1S/C29H34N6O7/c1-16(2)24(28(40)41)25(30)27(39)35(22(26(31)38)14-23(36)37)34(17-8-4-3-5-9-17)29(42)33-13-12-19-18-10-6-7-11-20(18)32-21(19)15-33/h3-11,16,22,24-25,32H,12-15,30H2,1-2H3,(H2,31,38)(H,36,37)(H,40,41)/t22-,24+,25-/m0/s1. The predicted molar refractivity (Wildman–Crippen MR) is 153 cm³/mol. The number of fused-ring (bicyclic) bond motifs is 3. The molecule has 0 radical (unpaired) electrons. The van der Waals surface area contributed by atoms with Crippen LogP contribution in [0.2, 0.25) is 0 Å². The number of para-hydroxylation sites is 2. The first-order chi connectivity index (χ1) is 19.9. The summed E-state index contributed by atoms with van der Waals surface area (Å²) in [6, 6.07) is 11.2. The van der Waals surface area contributed by atoms with E-state index in [2.05, 4.69) is 4.98 Å². The molecule has 3 aromatic rings. The lowest BCUT2D eigenvalue weighted by molar-refractivity contribution is -0.152. The van der Waals surface area contributed by atoms with Gasteiger partial charge in [-0.15, -0.1) is 0 Å². The first-order valence-electron chi connectivity index (χ1n) is 13.5. The molecule has 4 rings (SSSR count). The zero-order valence-corrected chi connectivity index (χ0v) is 23.3. The molecule has 1 aromatic heterocycles. The zero-order chi connectivity index (χ0) is 30.7. The summed E-state index contributed by atoms with van der Waals surface area (Å²) in [5.74, 6) is -7.20. The van der Waals surface area contributed by atoms with Crippen LogP contribution in [0.25, 0.3) is 10.9 Å². The number of nitrogens with zero attached hydrogens (tertiary/aromatic N) is 3. The quantitative estimate of drug-likeness (QED) is 0.237. The summed E-state index contributed by atoms with van der Waals surface area (Å²) in [6.45, 7) is 3.49. The number of urea groups is 1. The average Bonchev–Trinajstić information content (AvgIpc) is 3.32. The Labute approximate surface area is 241 Å². The Morgan fingerprint density at radius 1 is 1.00 bits per heavy atom. The first-order valence-corrected chi connectivity index (χ1v) is 13.5. The number of aliphatic carboxylic acids is 2. The third-order valence-corrected chi connectivity index (χ3v) is 7.44. The van der Waals surface area contributed by atoms with Crippen molar-refractivity contribution in [2.75, 3.05) is 11.6 Å². The van der Waals surface area contributed by atoms with E-state index < -0.39 is 60.1 Å². The van der Waals surface area contributed by atoms with Gasteiger partial charge in [-0.1, -0.05) is 50.2 Å². The Bertz CT molecular complexity index is 1500. The van der Waals surface area contributed by atoms with Gasteiger partial charge in [0.2, 0.25) is 5.91 Å². The van der Waals surface area contributed by atoms with Gasteiger partial charge in [-0.25, -0.2) is 9.80 Å². The summed E-state index contributed by atoms with van der Waals surface area (Å²) in [7, 11) is 0. The maximum Gasteiger partial charge on any atom is 0.344 e. The number of benzene rings is 2. The van der Waals surface area contributed by atoms with Crippen molar-refractivity contribution in [2.24, 2.45) is 23.3 Å². The number of carboxylic acids is 2. The predicted octanol–water partition coefficient (Wildman–Crippen LogP) is 1.91. The van der Waals surface area contributed by atoms with Crippen molar-refractivity contribution in [1.29, 1.82) is 0 Å². The van der Waals surface area contributed by atoms with E-state index in [-0.39, 0.29) is 18.8 Å². The summed E-state index contributed by atoms with van der Waals surface area (Å²) in [5, 5.41) is 22.0. The summed E-state index contributed by atoms with van der Waals surface area (Å²) in [5.41, 5.74) is 14.7. The highest BCUT2D eigenvalue weighted by atomic mass is 16.4. The largest absolute Gasteiger partial charge is 0.481 e. The highest BCUT2D eigenvalue weighted by molar-refractivity contribution is 6.01. The number of carboxylic acid groups (broad SMARTS) is 2. The number of H-pyrrole nitrogens is 1. The number of hydrazine groups is 1. The molecule has 3 atom stereocenters.